The first-order valence-corrected chi connectivity index (χ1v) is 9.32. The molecule has 0 aliphatic carbocycles. The fraction of sp³-hybridized carbons (Fsp3) is 0.389. The van der Waals surface area contributed by atoms with E-state index in [-0.39, 0.29) is 0 Å². The van der Waals surface area contributed by atoms with Crippen LogP contribution in [0.4, 0.5) is 5.95 Å². The third-order valence-electron chi connectivity index (χ3n) is 4.10. The Labute approximate surface area is 160 Å². The largest absolute Gasteiger partial charge is 0.493 e. The first kappa shape index (κ1) is 18.6. The van der Waals surface area contributed by atoms with Crippen LogP contribution in [0.3, 0.4) is 0 Å². The molecule has 0 bridgehead atoms. The van der Waals surface area contributed by atoms with Crippen molar-refractivity contribution in [1.29, 1.82) is 0 Å². The molecule has 8 heteroatoms. The second-order valence-electron chi connectivity index (χ2n) is 5.93. The molecule has 26 heavy (non-hydrogen) atoms. The highest BCUT2D eigenvalue weighted by atomic mass is 79.9. The summed E-state index contributed by atoms with van der Waals surface area (Å²) in [6.45, 7) is 1.47. The lowest BCUT2D eigenvalue weighted by Gasteiger charge is -2.13. The summed E-state index contributed by atoms with van der Waals surface area (Å²) in [6, 6.07) is 5.98. The molecule has 0 aliphatic rings. The van der Waals surface area contributed by atoms with Gasteiger partial charge >= 0.3 is 0 Å². The van der Waals surface area contributed by atoms with Gasteiger partial charge in [-0.1, -0.05) is 22.0 Å². The van der Waals surface area contributed by atoms with Gasteiger partial charge in [-0.05, 0) is 31.4 Å². The zero-order chi connectivity index (χ0) is 18.4. The van der Waals surface area contributed by atoms with Crippen LogP contribution in [-0.2, 0) is 11.2 Å². The van der Waals surface area contributed by atoms with Gasteiger partial charge in [0.25, 0.3) is 0 Å². The average molecular weight is 420 g/mol. The lowest BCUT2D eigenvalue weighted by Crippen LogP contribution is -2.04. The van der Waals surface area contributed by atoms with Gasteiger partial charge in [-0.2, -0.15) is 9.61 Å². The summed E-state index contributed by atoms with van der Waals surface area (Å²) in [5, 5.41) is 4.28. The Morgan fingerprint density at radius 1 is 1.15 bits per heavy atom. The van der Waals surface area contributed by atoms with Crippen molar-refractivity contribution in [2.75, 3.05) is 26.1 Å². The summed E-state index contributed by atoms with van der Waals surface area (Å²) < 4.78 is 13.6. The first-order valence-electron chi connectivity index (χ1n) is 8.53. The summed E-state index contributed by atoms with van der Waals surface area (Å²) in [4.78, 5) is 8.26. The average Bonchev–Trinajstić information content (AvgIpc) is 3.05. The molecule has 3 rings (SSSR count). The van der Waals surface area contributed by atoms with E-state index in [0.717, 1.165) is 47.2 Å². The number of hydrogen-bond donors (Lipinski definition) is 1. The molecule has 0 saturated carbocycles. The van der Waals surface area contributed by atoms with E-state index in [9.17, 15) is 0 Å². The summed E-state index contributed by atoms with van der Waals surface area (Å²) >= 11 is 3.63. The van der Waals surface area contributed by atoms with Crippen molar-refractivity contribution in [1.82, 2.24) is 19.6 Å². The Hall–Kier alpha value is -2.19. The van der Waals surface area contributed by atoms with E-state index in [1.165, 1.54) is 6.33 Å². The van der Waals surface area contributed by atoms with Crippen molar-refractivity contribution in [3.05, 3.63) is 46.3 Å². The van der Waals surface area contributed by atoms with E-state index in [1.54, 1.807) is 17.8 Å². The van der Waals surface area contributed by atoms with Crippen LogP contribution in [0.25, 0.3) is 5.65 Å². The second-order valence-corrected chi connectivity index (χ2v) is 6.79. The van der Waals surface area contributed by atoms with Crippen molar-refractivity contribution >= 4 is 27.5 Å². The van der Waals surface area contributed by atoms with E-state index < -0.39 is 0 Å². The Morgan fingerprint density at radius 2 is 2.00 bits per heavy atom. The van der Waals surface area contributed by atoms with E-state index >= 15 is 0 Å². The number of rotatable bonds is 9. The molecule has 0 fully saturated rings. The van der Waals surface area contributed by atoms with Gasteiger partial charge in [0.1, 0.15) is 12.1 Å². The molecule has 0 saturated heterocycles. The van der Waals surface area contributed by atoms with E-state index in [0.29, 0.717) is 24.6 Å². The number of benzene rings is 1. The monoisotopic (exact) mass is 419 g/mol. The van der Waals surface area contributed by atoms with Gasteiger partial charge in [0, 0.05) is 35.7 Å². The van der Waals surface area contributed by atoms with Crippen LogP contribution in [0, 0.1) is 0 Å². The molecule has 0 unspecified atom stereocenters. The molecule has 1 aromatic carbocycles. The smallest absolute Gasteiger partial charge is 0.224 e. The number of hydrogen-bond acceptors (Lipinski definition) is 6. The van der Waals surface area contributed by atoms with Crippen LogP contribution in [0.1, 0.15) is 30.4 Å². The number of anilines is 1. The molecule has 0 amide bonds. The first-order chi connectivity index (χ1) is 12.7. The zero-order valence-electron chi connectivity index (χ0n) is 14.7. The SMILES string of the molecule is COCCCCCOc1cccc(Br)c1Cc1cnn2c(N)ncnc12. The summed E-state index contributed by atoms with van der Waals surface area (Å²) in [5.74, 6) is 1.19. The topological polar surface area (TPSA) is 87.6 Å². The van der Waals surface area contributed by atoms with Crippen LogP contribution in [0.2, 0.25) is 0 Å². The van der Waals surface area contributed by atoms with Crippen molar-refractivity contribution in [2.45, 2.75) is 25.7 Å². The van der Waals surface area contributed by atoms with Crippen molar-refractivity contribution in [3.8, 4) is 5.75 Å². The van der Waals surface area contributed by atoms with Crippen molar-refractivity contribution < 1.29 is 9.47 Å². The molecule has 0 spiro atoms. The number of nitrogens with two attached hydrogens (primary N) is 1. The minimum atomic E-state index is 0.320. The van der Waals surface area contributed by atoms with Crippen LogP contribution in [0.15, 0.2) is 35.2 Å². The third kappa shape index (κ3) is 4.31. The predicted octanol–water partition coefficient (Wildman–Crippen LogP) is 3.26. The van der Waals surface area contributed by atoms with Gasteiger partial charge < -0.3 is 15.2 Å². The van der Waals surface area contributed by atoms with Gasteiger partial charge in [-0.25, -0.2) is 9.97 Å². The van der Waals surface area contributed by atoms with E-state index in [2.05, 4.69) is 31.0 Å². The minimum Gasteiger partial charge on any atom is -0.493 e. The number of unbranched alkanes of at least 4 members (excludes halogenated alkanes) is 2. The second kappa shape index (κ2) is 8.95. The Balaban J connectivity index is 1.73. The predicted molar refractivity (Wildman–Crippen MR) is 103 cm³/mol. The Bertz CT molecular complexity index is 868. The molecule has 2 aromatic heterocycles. The summed E-state index contributed by atoms with van der Waals surface area (Å²) in [5.41, 5.74) is 8.59. The number of methoxy groups -OCH3 is 1. The number of aromatic nitrogens is 4. The van der Waals surface area contributed by atoms with Crippen molar-refractivity contribution in [3.63, 3.8) is 0 Å². The fourth-order valence-corrected chi connectivity index (χ4v) is 3.23. The summed E-state index contributed by atoms with van der Waals surface area (Å²) in [6.07, 6.45) is 6.99. The van der Waals surface area contributed by atoms with Crippen LogP contribution in [-0.4, -0.2) is 39.9 Å². The number of nitrogen functional groups attached to an aromatic ring is 1. The van der Waals surface area contributed by atoms with Crippen LogP contribution >= 0.6 is 15.9 Å². The number of ether oxygens (including phenoxy) is 2. The molecular weight excluding hydrogens is 398 g/mol. The summed E-state index contributed by atoms with van der Waals surface area (Å²) in [7, 11) is 1.73. The van der Waals surface area contributed by atoms with Gasteiger partial charge in [-0.3, -0.25) is 0 Å². The zero-order valence-corrected chi connectivity index (χ0v) is 16.3. The molecule has 0 atom stereocenters. The molecule has 0 radical (unpaired) electrons. The molecular formula is C18H22BrN5O2. The number of nitrogens with zero attached hydrogens (tertiary/aromatic N) is 4. The number of fused-ring (bicyclic) bond motifs is 1. The van der Waals surface area contributed by atoms with Crippen LogP contribution in [0.5, 0.6) is 5.75 Å². The quantitative estimate of drug-likeness (QED) is 0.535. The normalized spacial score (nSPS) is 11.2. The van der Waals surface area contributed by atoms with Gasteiger partial charge in [0.15, 0.2) is 5.65 Å². The molecule has 7 nitrogen and oxygen atoms in total. The van der Waals surface area contributed by atoms with Gasteiger partial charge in [-0.15, -0.1) is 0 Å². The molecule has 3 aromatic rings. The molecule has 2 heterocycles. The Morgan fingerprint density at radius 3 is 2.85 bits per heavy atom. The maximum absolute atomic E-state index is 6.03. The van der Waals surface area contributed by atoms with E-state index in [4.69, 9.17) is 15.2 Å². The fourth-order valence-electron chi connectivity index (χ4n) is 2.75. The highest BCUT2D eigenvalue weighted by molar-refractivity contribution is 9.10. The highest BCUT2D eigenvalue weighted by Crippen LogP contribution is 2.30. The molecule has 0 aliphatic heterocycles. The highest BCUT2D eigenvalue weighted by Gasteiger charge is 2.14. The standard InChI is InChI=1S/C18H22BrN5O2/c1-25-8-3-2-4-9-26-16-7-5-6-15(19)14(16)10-13-11-23-24-17(13)21-12-22-18(24)20/h5-7,11-12H,2-4,8-10H2,1H3,(H2,20,21,22). The maximum Gasteiger partial charge on any atom is 0.224 e. The maximum atomic E-state index is 6.03. The third-order valence-corrected chi connectivity index (χ3v) is 4.84. The van der Waals surface area contributed by atoms with Crippen molar-refractivity contribution in [2.24, 2.45) is 0 Å². The minimum absolute atomic E-state index is 0.320. The Kier molecular flexibility index (Phi) is 6.40. The lowest BCUT2D eigenvalue weighted by atomic mass is 10.1. The lowest BCUT2D eigenvalue weighted by molar-refractivity contribution is 0.189. The number of halogens is 1. The van der Waals surface area contributed by atoms with Crippen LogP contribution < -0.4 is 10.5 Å². The van der Waals surface area contributed by atoms with Gasteiger partial charge in [0.05, 0.1) is 12.8 Å². The van der Waals surface area contributed by atoms with Gasteiger partial charge in [0.2, 0.25) is 5.95 Å². The van der Waals surface area contributed by atoms with E-state index in [1.807, 2.05) is 18.2 Å². The molecule has 138 valence electrons. The molecule has 2 N–H and O–H groups in total.